The van der Waals surface area contributed by atoms with Gasteiger partial charge >= 0.3 is 0 Å². The maximum Gasteiger partial charge on any atom is 0.250 e. The molecule has 4 nitrogen and oxygen atoms in total. The fourth-order valence-corrected chi connectivity index (χ4v) is 0.643. The zero-order chi connectivity index (χ0) is 8.10. The normalized spacial score (nSPS) is 10.3. The molecular weight excluding hydrogens is 142 g/mol. The predicted molar refractivity (Wildman–Crippen MR) is 42.0 cm³/mol. The average molecular weight is 151 g/mol. The number of nitrogens with zero attached hydrogens (tertiary/aromatic N) is 1. The van der Waals surface area contributed by atoms with Crippen molar-refractivity contribution in [1.29, 1.82) is 0 Å². The summed E-state index contributed by atoms with van der Waals surface area (Å²) >= 11 is 0. The van der Waals surface area contributed by atoms with E-state index < -0.39 is 0 Å². The molecule has 1 aromatic rings. The van der Waals surface area contributed by atoms with Crippen LogP contribution in [0.15, 0.2) is 24.5 Å². The molecule has 0 aliphatic carbocycles. The molecule has 0 aliphatic rings. The van der Waals surface area contributed by atoms with Crippen molar-refractivity contribution in [3.8, 4) is 0 Å². The molecule has 0 bridgehead atoms. The highest BCUT2D eigenvalue weighted by Gasteiger charge is 1.96. The number of imidazole rings is 1. The minimum Gasteiger partial charge on any atom is -0.331 e. The molecule has 4 heteroatoms. The Morgan fingerprint density at radius 3 is 3.18 bits per heavy atom. The molecule has 0 fully saturated rings. The van der Waals surface area contributed by atoms with E-state index in [2.05, 4.69) is 15.3 Å². The van der Waals surface area contributed by atoms with Crippen LogP contribution >= 0.6 is 0 Å². The third-order valence-electron chi connectivity index (χ3n) is 1.06. The highest BCUT2D eigenvalue weighted by atomic mass is 16.1. The second-order valence-electron chi connectivity index (χ2n) is 1.93. The van der Waals surface area contributed by atoms with Gasteiger partial charge in [-0.1, -0.05) is 6.08 Å². The minimum absolute atomic E-state index is 0.178. The molecule has 1 rings (SSSR count). The van der Waals surface area contributed by atoms with E-state index in [1.54, 1.807) is 25.4 Å². The summed E-state index contributed by atoms with van der Waals surface area (Å²) in [5.74, 6) is 0.288. The summed E-state index contributed by atoms with van der Waals surface area (Å²) in [6, 6.07) is 0. The van der Waals surface area contributed by atoms with E-state index in [-0.39, 0.29) is 5.91 Å². The van der Waals surface area contributed by atoms with Gasteiger partial charge in [-0.25, -0.2) is 4.98 Å². The largest absolute Gasteiger partial charge is 0.331 e. The molecule has 0 aromatic carbocycles. The molecule has 2 N–H and O–H groups in total. The van der Waals surface area contributed by atoms with Gasteiger partial charge < -0.3 is 4.98 Å². The summed E-state index contributed by atoms with van der Waals surface area (Å²) in [5, 5.41) is 2.53. The van der Waals surface area contributed by atoms with Gasteiger partial charge in [0, 0.05) is 12.4 Å². The first-order valence-corrected chi connectivity index (χ1v) is 3.26. The zero-order valence-electron chi connectivity index (χ0n) is 6.16. The third kappa shape index (κ3) is 2.25. The Morgan fingerprint density at radius 1 is 1.82 bits per heavy atom. The van der Waals surface area contributed by atoms with Crippen molar-refractivity contribution >= 4 is 11.9 Å². The van der Waals surface area contributed by atoms with E-state index in [0.717, 1.165) is 0 Å². The number of aromatic nitrogens is 2. The number of carbonyl (C=O) groups is 1. The van der Waals surface area contributed by atoms with Crippen molar-refractivity contribution in [2.75, 3.05) is 5.32 Å². The van der Waals surface area contributed by atoms with Gasteiger partial charge in [0.15, 0.2) is 0 Å². The average Bonchev–Trinajstić information content (AvgIpc) is 2.40. The molecule has 0 saturated carbocycles. The second-order valence-corrected chi connectivity index (χ2v) is 1.93. The topological polar surface area (TPSA) is 57.8 Å². The van der Waals surface area contributed by atoms with Gasteiger partial charge in [-0.2, -0.15) is 0 Å². The Labute approximate surface area is 64.3 Å². The third-order valence-corrected chi connectivity index (χ3v) is 1.06. The number of nitrogens with one attached hydrogen (secondary N) is 2. The van der Waals surface area contributed by atoms with Crippen molar-refractivity contribution in [2.24, 2.45) is 0 Å². The lowest BCUT2D eigenvalue weighted by atomic mass is 10.5. The summed E-state index contributed by atoms with van der Waals surface area (Å²) in [6.07, 6.45) is 6.32. The fourth-order valence-electron chi connectivity index (χ4n) is 0.643. The lowest BCUT2D eigenvalue weighted by Gasteiger charge is -1.93. The smallest absolute Gasteiger partial charge is 0.250 e. The van der Waals surface area contributed by atoms with E-state index in [4.69, 9.17) is 0 Å². The van der Waals surface area contributed by atoms with Crippen LogP contribution in [0.4, 0.5) is 5.95 Å². The van der Waals surface area contributed by atoms with E-state index in [1.807, 2.05) is 0 Å². The van der Waals surface area contributed by atoms with Crippen LogP contribution in [0.2, 0.25) is 0 Å². The molecule has 1 amide bonds. The SMILES string of the molecule is C/C=C/C(=O)Nc1ncc[nH]1. The highest BCUT2D eigenvalue weighted by Crippen LogP contribution is 1.94. The van der Waals surface area contributed by atoms with Gasteiger partial charge in [0.2, 0.25) is 11.9 Å². The first-order valence-electron chi connectivity index (χ1n) is 3.26. The maximum atomic E-state index is 10.9. The Bertz CT molecular complexity index is 251. The standard InChI is InChI=1S/C7H9N3O/c1-2-3-6(11)10-7-8-4-5-9-7/h2-5H,1H3,(H2,8,9,10,11)/b3-2+. The number of anilines is 1. The van der Waals surface area contributed by atoms with E-state index in [0.29, 0.717) is 5.95 Å². The van der Waals surface area contributed by atoms with Crippen molar-refractivity contribution in [3.63, 3.8) is 0 Å². The van der Waals surface area contributed by atoms with Crippen LogP contribution < -0.4 is 5.32 Å². The number of amides is 1. The number of allylic oxidation sites excluding steroid dienone is 1. The molecular formula is C7H9N3O. The van der Waals surface area contributed by atoms with Gasteiger partial charge in [0.05, 0.1) is 0 Å². The molecule has 58 valence electrons. The number of H-pyrrole nitrogens is 1. The minimum atomic E-state index is -0.178. The number of rotatable bonds is 2. The van der Waals surface area contributed by atoms with Gasteiger partial charge in [0.1, 0.15) is 0 Å². The molecule has 0 radical (unpaired) electrons. The number of aromatic amines is 1. The quantitative estimate of drug-likeness (QED) is 0.617. The molecule has 11 heavy (non-hydrogen) atoms. The van der Waals surface area contributed by atoms with Crippen LogP contribution in [0, 0.1) is 0 Å². The van der Waals surface area contributed by atoms with Crippen LogP contribution in [-0.4, -0.2) is 15.9 Å². The number of hydrogen-bond acceptors (Lipinski definition) is 2. The molecule has 0 saturated heterocycles. The molecule has 0 spiro atoms. The lowest BCUT2D eigenvalue weighted by molar-refractivity contribution is -0.111. The molecule has 0 unspecified atom stereocenters. The van der Waals surface area contributed by atoms with Crippen LogP contribution in [0.1, 0.15) is 6.92 Å². The van der Waals surface area contributed by atoms with Crippen LogP contribution in [0.3, 0.4) is 0 Å². The van der Waals surface area contributed by atoms with E-state index in [9.17, 15) is 4.79 Å². The molecule has 0 aliphatic heterocycles. The van der Waals surface area contributed by atoms with Crippen LogP contribution in [-0.2, 0) is 4.79 Å². The highest BCUT2D eigenvalue weighted by molar-refractivity contribution is 5.97. The number of carbonyl (C=O) groups excluding carboxylic acids is 1. The van der Waals surface area contributed by atoms with Crippen molar-refractivity contribution < 1.29 is 4.79 Å². The Morgan fingerprint density at radius 2 is 2.64 bits per heavy atom. The van der Waals surface area contributed by atoms with E-state index in [1.165, 1.54) is 6.08 Å². The summed E-state index contributed by atoms with van der Waals surface area (Å²) in [6.45, 7) is 1.78. The Kier molecular flexibility index (Phi) is 2.43. The van der Waals surface area contributed by atoms with E-state index >= 15 is 0 Å². The molecule has 1 aromatic heterocycles. The van der Waals surface area contributed by atoms with Gasteiger partial charge in [-0.05, 0) is 13.0 Å². The molecule has 0 atom stereocenters. The summed E-state index contributed by atoms with van der Waals surface area (Å²) in [7, 11) is 0. The van der Waals surface area contributed by atoms with Crippen molar-refractivity contribution in [2.45, 2.75) is 6.92 Å². The predicted octanol–water partition coefficient (Wildman–Crippen LogP) is 0.924. The summed E-state index contributed by atoms with van der Waals surface area (Å²) in [5.41, 5.74) is 0. The summed E-state index contributed by atoms with van der Waals surface area (Å²) in [4.78, 5) is 17.4. The molecule has 1 heterocycles. The van der Waals surface area contributed by atoms with Crippen LogP contribution in [0.25, 0.3) is 0 Å². The van der Waals surface area contributed by atoms with Crippen molar-refractivity contribution in [3.05, 3.63) is 24.5 Å². The lowest BCUT2D eigenvalue weighted by Crippen LogP contribution is -2.08. The monoisotopic (exact) mass is 151 g/mol. The van der Waals surface area contributed by atoms with Gasteiger partial charge in [-0.3, -0.25) is 10.1 Å². The van der Waals surface area contributed by atoms with Crippen molar-refractivity contribution in [1.82, 2.24) is 9.97 Å². The Hall–Kier alpha value is -1.58. The maximum absolute atomic E-state index is 10.9. The van der Waals surface area contributed by atoms with Gasteiger partial charge in [-0.15, -0.1) is 0 Å². The number of hydrogen-bond donors (Lipinski definition) is 2. The Balaban J connectivity index is 2.50. The van der Waals surface area contributed by atoms with Gasteiger partial charge in [0.25, 0.3) is 0 Å². The first-order chi connectivity index (χ1) is 5.33. The van der Waals surface area contributed by atoms with Crippen LogP contribution in [0.5, 0.6) is 0 Å². The second kappa shape index (κ2) is 3.55. The fraction of sp³-hybridized carbons (Fsp3) is 0.143. The summed E-state index contributed by atoms with van der Waals surface area (Å²) < 4.78 is 0. The first kappa shape index (κ1) is 7.53. The zero-order valence-corrected chi connectivity index (χ0v) is 6.16.